The molecule has 0 aromatic heterocycles. The van der Waals surface area contributed by atoms with Crippen molar-refractivity contribution in [1.29, 1.82) is 0 Å². The third kappa shape index (κ3) is 4.31. The van der Waals surface area contributed by atoms with E-state index in [0.717, 1.165) is 12.8 Å². The van der Waals surface area contributed by atoms with E-state index in [9.17, 15) is 9.59 Å². The summed E-state index contributed by atoms with van der Waals surface area (Å²) in [7, 11) is 0. The molecule has 0 radical (unpaired) electrons. The van der Waals surface area contributed by atoms with Gasteiger partial charge in [-0.2, -0.15) is 0 Å². The van der Waals surface area contributed by atoms with Gasteiger partial charge >= 0.3 is 0 Å². The maximum Gasteiger partial charge on any atom is 0.220 e. The smallest absolute Gasteiger partial charge is 0.220 e. The highest BCUT2D eigenvalue weighted by Crippen LogP contribution is 2.26. The lowest BCUT2D eigenvalue weighted by molar-refractivity contribution is -0.122. The summed E-state index contributed by atoms with van der Waals surface area (Å²) < 4.78 is 0. The summed E-state index contributed by atoms with van der Waals surface area (Å²) in [6.07, 6.45) is 5.07. The molecule has 2 heterocycles. The Bertz CT molecular complexity index is 509. The fraction of sp³-hybridized carbons (Fsp3) is 0.529. The van der Waals surface area contributed by atoms with Crippen LogP contribution in [0.25, 0.3) is 0 Å². The summed E-state index contributed by atoms with van der Waals surface area (Å²) in [4.78, 5) is 24.0. The number of carbonyl (C=O) groups excluding carboxylic acids is 2. The highest BCUT2D eigenvalue weighted by Gasteiger charge is 2.33. The second-order valence-corrected chi connectivity index (χ2v) is 6.16. The molecule has 2 fully saturated rings. The standard InChI is InChI=1S/C17H22N2O2.ClH/c20-16(12-4-2-1-3-5-12)8-9-17(21)19-15-10-13-6-7-14(11-15)18-13;/h1-5,13-15,18H,6-11H2,(H,19,21);1H. The lowest BCUT2D eigenvalue weighted by Gasteiger charge is -2.29. The van der Waals surface area contributed by atoms with Crippen LogP contribution in [0.15, 0.2) is 30.3 Å². The molecule has 0 saturated carbocycles. The third-order valence-electron chi connectivity index (χ3n) is 4.51. The Morgan fingerprint density at radius 3 is 2.32 bits per heavy atom. The van der Waals surface area contributed by atoms with E-state index in [4.69, 9.17) is 0 Å². The average molecular weight is 323 g/mol. The number of amides is 1. The van der Waals surface area contributed by atoms with E-state index < -0.39 is 0 Å². The molecule has 0 spiro atoms. The van der Waals surface area contributed by atoms with Crippen LogP contribution in [0.2, 0.25) is 0 Å². The van der Waals surface area contributed by atoms with Gasteiger partial charge < -0.3 is 10.6 Å². The van der Waals surface area contributed by atoms with E-state index in [1.807, 2.05) is 18.2 Å². The summed E-state index contributed by atoms with van der Waals surface area (Å²) in [6, 6.07) is 10.6. The van der Waals surface area contributed by atoms with Crippen LogP contribution in [0.5, 0.6) is 0 Å². The highest BCUT2D eigenvalue weighted by molar-refractivity contribution is 5.97. The Kier molecular flexibility index (Phi) is 5.98. The van der Waals surface area contributed by atoms with Crippen molar-refractivity contribution in [3.05, 3.63) is 35.9 Å². The number of hydrogen-bond acceptors (Lipinski definition) is 3. The van der Waals surface area contributed by atoms with Crippen LogP contribution in [0.4, 0.5) is 0 Å². The van der Waals surface area contributed by atoms with E-state index >= 15 is 0 Å². The van der Waals surface area contributed by atoms with Crippen LogP contribution in [-0.2, 0) is 4.79 Å². The number of nitrogens with one attached hydrogen (secondary N) is 2. The number of carbonyl (C=O) groups is 2. The van der Waals surface area contributed by atoms with Gasteiger partial charge in [-0.05, 0) is 25.7 Å². The van der Waals surface area contributed by atoms with Crippen LogP contribution in [0, 0.1) is 0 Å². The molecule has 2 aliphatic rings. The van der Waals surface area contributed by atoms with Gasteiger partial charge in [-0.1, -0.05) is 30.3 Å². The molecule has 5 heteroatoms. The van der Waals surface area contributed by atoms with Crippen LogP contribution in [0.3, 0.4) is 0 Å². The molecule has 2 N–H and O–H groups in total. The number of rotatable bonds is 5. The molecule has 2 aliphatic heterocycles. The van der Waals surface area contributed by atoms with Crippen LogP contribution >= 0.6 is 12.4 Å². The van der Waals surface area contributed by atoms with Gasteiger partial charge in [0.05, 0.1) is 0 Å². The van der Waals surface area contributed by atoms with Gasteiger partial charge in [-0.15, -0.1) is 12.4 Å². The minimum atomic E-state index is 0. The molecule has 2 atom stereocenters. The largest absolute Gasteiger partial charge is 0.353 e. The number of hydrogen-bond donors (Lipinski definition) is 2. The van der Waals surface area contributed by atoms with Gasteiger partial charge in [0.2, 0.25) is 5.91 Å². The zero-order valence-electron chi connectivity index (χ0n) is 12.6. The molecule has 4 nitrogen and oxygen atoms in total. The lowest BCUT2D eigenvalue weighted by Crippen LogP contribution is -2.48. The maximum atomic E-state index is 12.0. The molecule has 1 amide bonds. The van der Waals surface area contributed by atoms with Crippen LogP contribution < -0.4 is 10.6 Å². The minimum Gasteiger partial charge on any atom is -0.353 e. The van der Waals surface area contributed by atoms with Crippen molar-refractivity contribution >= 4 is 24.1 Å². The number of benzene rings is 1. The number of Topliss-reactive ketones (excluding diaryl/α,β-unsaturated/α-hetero) is 1. The van der Waals surface area contributed by atoms with E-state index in [1.54, 1.807) is 12.1 Å². The zero-order valence-corrected chi connectivity index (χ0v) is 13.4. The Morgan fingerprint density at radius 1 is 1.05 bits per heavy atom. The lowest BCUT2D eigenvalue weighted by atomic mass is 9.99. The first-order chi connectivity index (χ1) is 10.2. The first-order valence-electron chi connectivity index (χ1n) is 7.84. The fourth-order valence-corrected chi connectivity index (χ4v) is 3.47. The Labute approximate surface area is 137 Å². The molecule has 2 saturated heterocycles. The van der Waals surface area contributed by atoms with Crippen molar-refractivity contribution in [3.63, 3.8) is 0 Å². The fourth-order valence-electron chi connectivity index (χ4n) is 3.47. The summed E-state index contributed by atoms with van der Waals surface area (Å²) in [6.45, 7) is 0. The van der Waals surface area contributed by atoms with E-state index in [-0.39, 0.29) is 43.0 Å². The Hall–Kier alpha value is -1.39. The van der Waals surface area contributed by atoms with Gasteiger partial charge in [-0.3, -0.25) is 9.59 Å². The first-order valence-corrected chi connectivity index (χ1v) is 7.84. The highest BCUT2D eigenvalue weighted by atomic mass is 35.5. The Morgan fingerprint density at radius 2 is 1.68 bits per heavy atom. The average Bonchev–Trinajstić information content (AvgIpc) is 2.84. The molecule has 0 aliphatic carbocycles. The second kappa shape index (κ2) is 7.75. The van der Waals surface area contributed by atoms with E-state index in [0.29, 0.717) is 17.6 Å². The molecule has 22 heavy (non-hydrogen) atoms. The van der Waals surface area contributed by atoms with Gasteiger partial charge in [0.15, 0.2) is 5.78 Å². The molecule has 2 unspecified atom stereocenters. The Balaban J connectivity index is 0.00000176. The summed E-state index contributed by atoms with van der Waals surface area (Å²) in [5, 5.41) is 6.66. The number of piperidine rings is 1. The quantitative estimate of drug-likeness (QED) is 0.819. The maximum absolute atomic E-state index is 12.0. The van der Waals surface area contributed by atoms with Gasteiger partial charge in [0.1, 0.15) is 0 Å². The second-order valence-electron chi connectivity index (χ2n) is 6.16. The molecule has 1 aromatic carbocycles. The molecule has 2 bridgehead atoms. The van der Waals surface area contributed by atoms with Crippen molar-refractivity contribution < 1.29 is 9.59 Å². The molecular formula is C17H23ClN2O2. The molecule has 120 valence electrons. The van der Waals surface area contributed by atoms with Crippen LogP contribution in [-0.4, -0.2) is 29.8 Å². The van der Waals surface area contributed by atoms with Crippen molar-refractivity contribution in [2.75, 3.05) is 0 Å². The van der Waals surface area contributed by atoms with Crippen molar-refractivity contribution in [2.24, 2.45) is 0 Å². The van der Waals surface area contributed by atoms with Crippen molar-refractivity contribution in [3.8, 4) is 0 Å². The van der Waals surface area contributed by atoms with Gasteiger partial charge in [0.25, 0.3) is 0 Å². The third-order valence-corrected chi connectivity index (χ3v) is 4.51. The number of fused-ring (bicyclic) bond motifs is 2. The summed E-state index contributed by atoms with van der Waals surface area (Å²) >= 11 is 0. The predicted octanol–water partition coefficient (Wildman–Crippen LogP) is 2.47. The zero-order chi connectivity index (χ0) is 14.7. The monoisotopic (exact) mass is 322 g/mol. The molecule has 3 rings (SSSR count). The van der Waals surface area contributed by atoms with Crippen molar-refractivity contribution in [2.45, 2.75) is 56.7 Å². The predicted molar refractivity (Wildman–Crippen MR) is 88.4 cm³/mol. The number of ketones is 1. The number of halogens is 1. The first kappa shape index (κ1) is 17.0. The van der Waals surface area contributed by atoms with Crippen molar-refractivity contribution in [1.82, 2.24) is 10.6 Å². The van der Waals surface area contributed by atoms with E-state index in [2.05, 4.69) is 10.6 Å². The van der Waals surface area contributed by atoms with Gasteiger partial charge in [-0.25, -0.2) is 0 Å². The topological polar surface area (TPSA) is 58.2 Å². The summed E-state index contributed by atoms with van der Waals surface area (Å²) in [5.41, 5.74) is 0.685. The minimum absolute atomic E-state index is 0. The molecule has 1 aromatic rings. The van der Waals surface area contributed by atoms with E-state index in [1.165, 1.54) is 12.8 Å². The molecular weight excluding hydrogens is 300 g/mol. The van der Waals surface area contributed by atoms with Gasteiger partial charge in [0, 0.05) is 36.5 Å². The normalized spacial score (nSPS) is 26.1. The SMILES string of the molecule is Cl.O=C(CCC(=O)c1ccccc1)NC1CC2CCC(C1)N2. The summed E-state index contributed by atoms with van der Waals surface area (Å²) in [5.74, 6) is 0.0433. The van der Waals surface area contributed by atoms with Crippen LogP contribution in [0.1, 0.15) is 48.9 Å².